The van der Waals surface area contributed by atoms with Crippen LogP contribution in [0.25, 0.3) is 0 Å². The lowest BCUT2D eigenvalue weighted by molar-refractivity contribution is 0.401. The molecule has 1 rings (SSSR count). The SMILES string of the molecule is CN(C)CCCN(C)c1cccc(Br)c1C(N)=S. The van der Waals surface area contributed by atoms with Gasteiger partial charge in [0.1, 0.15) is 4.99 Å². The number of nitrogens with two attached hydrogens (primary N) is 1. The van der Waals surface area contributed by atoms with E-state index in [1.807, 2.05) is 12.1 Å². The molecule has 0 saturated carbocycles. The van der Waals surface area contributed by atoms with Crippen molar-refractivity contribution in [2.24, 2.45) is 5.73 Å². The number of hydrogen-bond acceptors (Lipinski definition) is 3. The van der Waals surface area contributed by atoms with Crippen molar-refractivity contribution in [2.45, 2.75) is 6.42 Å². The van der Waals surface area contributed by atoms with Crippen LogP contribution in [-0.4, -0.2) is 44.1 Å². The molecule has 1 aromatic carbocycles. The molecule has 18 heavy (non-hydrogen) atoms. The van der Waals surface area contributed by atoms with Crippen LogP contribution in [0.15, 0.2) is 22.7 Å². The Balaban J connectivity index is 2.82. The quantitative estimate of drug-likeness (QED) is 0.813. The monoisotopic (exact) mass is 329 g/mol. The molecule has 0 saturated heterocycles. The molecule has 100 valence electrons. The van der Waals surface area contributed by atoms with Crippen LogP contribution in [0.2, 0.25) is 0 Å². The highest BCUT2D eigenvalue weighted by molar-refractivity contribution is 9.10. The Bertz CT molecular complexity index is 421. The number of halogens is 1. The van der Waals surface area contributed by atoms with Gasteiger partial charge in [0.15, 0.2) is 0 Å². The summed E-state index contributed by atoms with van der Waals surface area (Å²) in [6.07, 6.45) is 1.10. The lowest BCUT2D eigenvalue weighted by atomic mass is 10.1. The lowest BCUT2D eigenvalue weighted by Crippen LogP contribution is -2.26. The summed E-state index contributed by atoms with van der Waals surface area (Å²) in [5.74, 6) is 0. The van der Waals surface area contributed by atoms with Crippen LogP contribution in [0.3, 0.4) is 0 Å². The number of benzene rings is 1. The minimum atomic E-state index is 0.428. The molecule has 0 radical (unpaired) electrons. The summed E-state index contributed by atoms with van der Waals surface area (Å²) in [6, 6.07) is 6.02. The molecule has 2 N–H and O–H groups in total. The van der Waals surface area contributed by atoms with Gasteiger partial charge in [0.25, 0.3) is 0 Å². The highest BCUT2D eigenvalue weighted by atomic mass is 79.9. The number of rotatable bonds is 6. The first-order valence-corrected chi connectivity index (χ1v) is 7.07. The summed E-state index contributed by atoms with van der Waals surface area (Å²) in [5, 5.41) is 0. The van der Waals surface area contributed by atoms with Crippen molar-refractivity contribution in [2.75, 3.05) is 39.1 Å². The van der Waals surface area contributed by atoms with Gasteiger partial charge in [-0.2, -0.15) is 0 Å². The average Bonchev–Trinajstić information content (AvgIpc) is 2.27. The predicted molar refractivity (Wildman–Crippen MR) is 86.5 cm³/mol. The minimum Gasteiger partial charge on any atom is -0.389 e. The first-order chi connectivity index (χ1) is 8.43. The van der Waals surface area contributed by atoms with Crippen molar-refractivity contribution in [3.63, 3.8) is 0 Å². The average molecular weight is 330 g/mol. The fraction of sp³-hybridized carbons (Fsp3) is 0.462. The highest BCUT2D eigenvalue weighted by Crippen LogP contribution is 2.27. The Labute approximate surface area is 123 Å². The molecule has 1 aromatic rings. The molecule has 0 amide bonds. The summed E-state index contributed by atoms with van der Waals surface area (Å²) in [5.41, 5.74) is 7.79. The third-order valence-corrected chi connectivity index (χ3v) is 3.61. The van der Waals surface area contributed by atoms with E-state index >= 15 is 0 Å². The van der Waals surface area contributed by atoms with Crippen LogP contribution in [0, 0.1) is 0 Å². The van der Waals surface area contributed by atoms with Gasteiger partial charge in [0, 0.05) is 29.3 Å². The lowest BCUT2D eigenvalue weighted by Gasteiger charge is -2.23. The van der Waals surface area contributed by atoms with E-state index in [2.05, 4.69) is 52.9 Å². The van der Waals surface area contributed by atoms with E-state index in [1.165, 1.54) is 0 Å². The van der Waals surface area contributed by atoms with Gasteiger partial charge in [-0.1, -0.05) is 18.3 Å². The number of hydrogen-bond donors (Lipinski definition) is 1. The van der Waals surface area contributed by atoms with Crippen LogP contribution in [0.5, 0.6) is 0 Å². The maximum Gasteiger partial charge on any atom is 0.107 e. The molecule has 5 heteroatoms. The van der Waals surface area contributed by atoms with Crippen LogP contribution in [-0.2, 0) is 0 Å². The Morgan fingerprint density at radius 2 is 1.94 bits per heavy atom. The maximum absolute atomic E-state index is 5.80. The Hall–Kier alpha value is -0.650. The molecule has 0 fully saturated rings. The third-order valence-electron chi connectivity index (χ3n) is 2.75. The second-order valence-corrected chi connectivity index (χ2v) is 5.87. The summed E-state index contributed by atoms with van der Waals surface area (Å²) >= 11 is 8.63. The van der Waals surface area contributed by atoms with Gasteiger partial charge in [0.05, 0.1) is 0 Å². The molecule has 0 unspecified atom stereocenters. The van der Waals surface area contributed by atoms with E-state index in [1.54, 1.807) is 0 Å². The van der Waals surface area contributed by atoms with Gasteiger partial charge in [-0.25, -0.2) is 0 Å². The zero-order valence-electron chi connectivity index (χ0n) is 11.1. The van der Waals surface area contributed by atoms with Gasteiger partial charge in [0.2, 0.25) is 0 Å². The van der Waals surface area contributed by atoms with E-state index in [0.29, 0.717) is 4.99 Å². The summed E-state index contributed by atoms with van der Waals surface area (Å²) in [7, 11) is 6.23. The van der Waals surface area contributed by atoms with Crippen LogP contribution in [0.1, 0.15) is 12.0 Å². The molecule has 3 nitrogen and oxygen atoms in total. The van der Waals surface area contributed by atoms with Crippen LogP contribution < -0.4 is 10.6 Å². The normalized spacial score (nSPS) is 10.7. The fourth-order valence-electron chi connectivity index (χ4n) is 1.82. The van der Waals surface area contributed by atoms with E-state index in [9.17, 15) is 0 Å². The van der Waals surface area contributed by atoms with Gasteiger partial charge < -0.3 is 15.5 Å². The molecular weight excluding hydrogens is 310 g/mol. The van der Waals surface area contributed by atoms with Crippen molar-refractivity contribution in [3.8, 4) is 0 Å². The molecule has 0 aromatic heterocycles. The van der Waals surface area contributed by atoms with Gasteiger partial charge in [-0.15, -0.1) is 0 Å². The van der Waals surface area contributed by atoms with E-state index in [4.69, 9.17) is 18.0 Å². The largest absolute Gasteiger partial charge is 0.389 e. The third kappa shape index (κ3) is 4.23. The van der Waals surface area contributed by atoms with Crippen LogP contribution >= 0.6 is 28.1 Å². The summed E-state index contributed by atoms with van der Waals surface area (Å²) < 4.78 is 0.951. The van der Waals surface area contributed by atoms with Crippen molar-refractivity contribution in [1.82, 2.24) is 4.90 Å². The van der Waals surface area contributed by atoms with Gasteiger partial charge in [-0.3, -0.25) is 0 Å². The Morgan fingerprint density at radius 1 is 1.28 bits per heavy atom. The van der Waals surface area contributed by atoms with E-state index < -0.39 is 0 Å². The van der Waals surface area contributed by atoms with Gasteiger partial charge >= 0.3 is 0 Å². The zero-order chi connectivity index (χ0) is 13.7. The standard InChI is InChI=1S/C13H20BrN3S/c1-16(2)8-5-9-17(3)11-7-4-6-10(14)12(11)13(15)18/h4,6-7H,5,8-9H2,1-3H3,(H2,15,18). The predicted octanol–water partition coefficient (Wildman–Crippen LogP) is 2.47. The maximum atomic E-state index is 5.80. The van der Waals surface area contributed by atoms with Crippen molar-refractivity contribution >= 4 is 38.8 Å². The van der Waals surface area contributed by atoms with Gasteiger partial charge in [-0.05, 0) is 55.1 Å². The number of thiocarbonyl (C=S) groups is 1. The molecule has 0 atom stereocenters. The minimum absolute atomic E-state index is 0.428. The van der Waals surface area contributed by atoms with Crippen molar-refractivity contribution < 1.29 is 0 Å². The molecule has 0 aliphatic heterocycles. The Kier molecular flexibility index (Phi) is 6.05. The smallest absolute Gasteiger partial charge is 0.107 e. The molecular formula is C13H20BrN3S. The summed E-state index contributed by atoms with van der Waals surface area (Å²) in [6.45, 7) is 2.05. The number of nitrogens with zero attached hydrogens (tertiary/aromatic N) is 2. The second kappa shape index (κ2) is 7.07. The second-order valence-electron chi connectivity index (χ2n) is 4.58. The highest BCUT2D eigenvalue weighted by Gasteiger charge is 2.12. The van der Waals surface area contributed by atoms with Crippen molar-refractivity contribution in [1.29, 1.82) is 0 Å². The molecule has 0 bridgehead atoms. The Morgan fingerprint density at radius 3 is 2.50 bits per heavy atom. The number of anilines is 1. The topological polar surface area (TPSA) is 32.5 Å². The molecule has 0 heterocycles. The fourth-order valence-corrected chi connectivity index (χ4v) is 2.73. The van der Waals surface area contributed by atoms with E-state index in [-0.39, 0.29) is 0 Å². The van der Waals surface area contributed by atoms with Crippen LogP contribution in [0.4, 0.5) is 5.69 Å². The first-order valence-electron chi connectivity index (χ1n) is 5.87. The molecule has 0 spiro atoms. The van der Waals surface area contributed by atoms with Crippen molar-refractivity contribution in [3.05, 3.63) is 28.2 Å². The zero-order valence-corrected chi connectivity index (χ0v) is 13.5. The molecule has 0 aliphatic rings. The van der Waals surface area contributed by atoms with E-state index in [0.717, 1.165) is 35.2 Å². The first kappa shape index (κ1) is 15.4. The molecule has 0 aliphatic carbocycles. The summed E-state index contributed by atoms with van der Waals surface area (Å²) in [4.78, 5) is 4.81.